The van der Waals surface area contributed by atoms with E-state index in [0.29, 0.717) is 0 Å². The molecule has 4 heteroatoms. The predicted molar refractivity (Wildman–Crippen MR) is 81.6 cm³/mol. The van der Waals surface area contributed by atoms with Crippen LogP contribution in [0, 0.1) is 5.41 Å². The summed E-state index contributed by atoms with van der Waals surface area (Å²) in [7, 11) is 0. The summed E-state index contributed by atoms with van der Waals surface area (Å²) in [6.45, 7) is 13.9. The van der Waals surface area contributed by atoms with E-state index in [-0.39, 0.29) is 16.9 Å². The molecule has 20 heavy (non-hydrogen) atoms. The highest BCUT2D eigenvalue weighted by atomic mass is 16.3. The molecule has 0 saturated carbocycles. The number of hydrogen-bond acceptors (Lipinski definition) is 3. The first-order valence-electron chi connectivity index (χ1n) is 7.61. The largest absolute Gasteiger partial charge is 0.393 e. The van der Waals surface area contributed by atoms with Gasteiger partial charge in [-0.05, 0) is 24.3 Å². The molecule has 0 aliphatic carbocycles. The fourth-order valence-electron chi connectivity index (χ4n) is 3.02. The number of aliphatic hydroxyl groups is 1. The van der Waals surface area contributed by atoms with E-state index in [4.69, 9.17) is 0 Å². The van der Waals surface area contributed by atoms with Crippen LogP contribution in [0.3, 0.4) is 0 Å². The molecular formula is C16H29N3O. The predicted octanol–water partition coefficient (Wildman–Crippen LogP) is 2.69. The molecule has 0 radical (unpaired) electrons. The zero-order valence-electron chi connectivity index (χ0n) is 13.5. The fraction of sp³-hybridized carbons (Fsp3) is 0.812. The average molecular weight is 279 g/mol. The van der Waals surface area contributed by atoms with Crippen molar-refractivity contribution in [2.45, 2.75) is 65.5 Å². The lowest BCUT2D eigenvalue weighted by atomic mass is 9.87. The van der Waals surface area contributed by atoms with Crippen LogP contribution in [0.5, 0.6) is 0 Å². The van der Waals surface area contributed by atoms with E-state index in [1.54, 1.807) is 0 Å². The Hall–Kier alpha value is -0.870. The molecule has 1 saturated heterocycles. The molecule has 0 amide bonds. The summed E-state index contributed by atoms with van der Waals surface area (Å²) in [5.41, 5.74) is 2.54. The van der Waals surface area contributed by atoms with Gasteiger partial charge in [0.15, 0.2) is 0 Å². The van der Waals surface area contributed by atoms with E-state index in [9.17, 15) is 5.11 Å². The van der Waals surface area contributed by atoms with E-state index in [0.717, 1.165) is 38.2 Å². The lowest BCUT2D eigenvalue weighted by Crippen LogP contribution is -2.32. The van der Waals surface area contributed by atoms with Crippen molar-refractivity contribution in [3.8, 4) is 0 Å². The van der Waals surface area contributed by atoms with E-state index >= 15 is 0 Å². The van der Waals surface area contributed by atoms with E-state index in [1.165, 1.54) is 5.69 Å². The number of H-pyrrole nitrogens is 1. The summed E-state index contributed by atoms with van der Waals surface area (Å²) in [5.74, 6) is 0. The van der Waals surface area contributed by atoms with Crippen molar-refractivity contribution in [2.75, 3.05) is 13.1 Å². The Morgan fingerprint density at radius 2 is 2.15 bits per heavy atom. The number of hydrogen-bond donors (Lipinski definition) is 2. The Kier molecular flexibility index (Phi) is 4.26. The van der Waals surface area contributed by atoms with Crippen molar-refractivity contribution < 1.29 is 5.11 Å². The molecule has 1 aromatic rings. The summed E-state index contributed by atoms with van der Waals surface area (Å²) < 4.78 is 0. The van der Waals surface area contributed by atoms with Gasteiger partial charge >= 0.3 is 0 Å². The molecule has 1 aliphatic rings. The van der Waals surface area contributed by atoms with Crippen molar-refractivity contribution in [2.24, 2.45) is 5.41 Å². The summed E-state index contributed by atoms with van der Waals surface area (Å²) in [4.78, 5) is 2.43. The molecule has 0 unspecified atom stereocenters. The molecule has 1 aliphatic heterocycles. The minimum atomic E-state index is -0.165. The Morgan fingerprint density at radius 1 is 1.45 bits per heavy atom. The smallest absolute Gasteiger partial charge is 0.0678 e. The summed E-state index contributed by atoms with van der Waals surface area (Å²) in [5, 5.41) is 17.6. The first kappa shape index (κ1) is 15.5. The van der Waals surface area contributed by atoms with Crippen molar-refractivity contribution in [3.63, 3.8) is 0 Å². The molecule has 1 aromatic heterocycles. The number of rotatable bonds is 2. The molecule has 0 spiro atoms. The number of aromatic nitrogens is 2. The molecule has 2 heterocycles. The molecule has 114 valence electrons. The molecule has 2 rings (SSSR count). The maximum Gasteiger partial charge on any atom is 0.0678 e. The van der Waals surface area contributed by atoms with Gasteiger partial charge in [0, 0.05) is 30.7 Å². The highest BCUT2D eigenvalue weighted by Gasteiger charge is 2.29. The van der Waals surface area contributed by atoms with Crippen LogP contribution in [0.1, 0.15) is 58.8 Å². The Balaban J connectivity index is 2.04. The standard InChI is InChI=1S/C16H29N3O/c1-15(2,3)14-8-12(17-18-14)10-19-7-6-13(20)9-16(4,5)11-19/h8,13,20H,6-7,9-11H2,1-5H3,(H,17,18)/t13-/m0/s1. The third-order valence-electron chi connectivity index (χ3n) is 4.01. The lowest BCUT2D eigenvalue weighted by Gasteiger charge is -2.29. The second-order valence-corrected chi connectivity index (χ2v) is 8.05. The van der Waals surface area contributed by atoms with Crippen LogP contribution in [-0.2, 0) is 12.0 Å². The first-order valence-corrected chi connectivity index (χ1v) is 7.61. The Labute approximate surface area is 122 Å². The van der Waals surface area contributed by atoms with Crippen molar-refractivity contribution >= 4 is 0 Å². The van der Waals surface area contributed by atoms with E-state index in [2.05, 4.69) is 55.8 Å². The van der Waals surface area contributed by atoms with Crippen LogP contribution in [0.4, 0.5) is 0 Å². The van der Waals surface area contributed by atoms with Gasteiger partial charge in [-0.25, -0.2) is 0 Å². The molecule has 4 nitrogen and oxygen atoms in total. The van der Waals surface area contributed by atoms with Crippen molar-refractivity contribution in [1.82, 2.24) is 15.1 Å². The number of likely N-dealkylation sites (tertiary alicyclic amines) is 1. The highest BCUT2D eigenvalue weighted by molar-refractivity contribution is 5.16. The Morgan fingerprint density at radius 3 is 2.75 bits per heavy atom. The second kappa shape index (κ2) is 5.49. The van der Waals surface area contributed by atoms with Crippen LogP contribution < -0.4 is 0 Å². The highest BCUT2D eigenvalue weighted by Crippen LogP contribution is 2.29. The van der Waals surface area contributed by atoms with Crippen molar-refractivity contribution in [1.29, 1.82) is 0 Å². The normalized spacial score (nSPS) is 24.6. The summed E-state index contributed by atoms with van der Waals surface area (Å²) in [6.07, 6.45) is 1.59. The molecule has 1 fully saturated rings. The number of nitrogens with zero attached hydrogens (tertiary/aromatic N) is 2. The van der Waals surface area contributed by atoms with Crippen LogP contribution in [-0.4, -0.2) is 39.4 Å². The van der Waals surface area contributed by atoms with Gasteiger partial charge in [0.1, 0.15) is 0 Å². The lowest BCUT2D eigenvalue weighted by molar-refractivity contribution is 0.121. The minimum absolute atomic E-state index is 0.0863. The van der Waals surface area contributed by atoms with Gasteiger partial charge in [-0.1, -0.05) is 34.6 Å². The third kappa shape index (κ3) is 4.06. The van der Waals surface area contributed by atoms with Crippen LogP contribution >= 0.6 is 0 Å². The first-order chi connectivity index (χ1) is 9.16. The molecule has 0 aromatic carbocycles. The van der Waals surface area contributed by atoms with E-state index < -0.39 is 0 Å². The topological polar surface area (TPSA) is 52.1 Å². The summed E-state index contributed by atoms with van der Waals surface area (Å²) in [6, 6.07) is 2.17. The van der Waals surface area contributed by atoms with Gasteiger partial charge in [0.05, 0.1) is 11.8 Å². The maximum absolute atomic E-state index is 9.97. The van der Waals surface area contributed by atoms with Gasteiger partial charge in [0.2, 0.25) is 0 Å². The Bertz CT molecular complexity index is 445. The molecule has 2 N–H and O–H groups in total. The average Bonchev–Trinajstić information content (AvgIpc) is 2.67. The third-order valence-corrected chi connectivity index (χ3v) is 4.01. The minimum Gasteiger partial charge on any atom is -0.393 e. The SMILES string of the molecule is CC1(C)C[C@@H](O)CCN(Cc2cc(C(C)(C)C)n[nH]2)C1. The summed E-state index contributed by atoms with van der Waals surface area (Å²) >= 11 is 0. The number of aromatic amines is 1. The van der Waals surface area contributed by atoms with Gasteiger partial charge in [-0.3, -0.25) is 10.00 Å². The van der Waals surface area contributed by atoms with Gasteiger partial charge in [-0.15, -0.1) is 0 Å². The zero-order chi connectivity index (χ0) is 15.0. The van der Waals surface area contributed by atoms with Gasteiger partial charge < -0.3 is 5.11 Å². The molecular weight excluding hydrogens is 250 g/mol. The second-order valence-electron chi connectivity index (χ2n) is 8.05. The number of aliphatic hydroxyl groups excluding tert-OH is 1. The van der Waals surface area contributed by atoms with Crippen LogP contribution in [0.2, 0.25) is 0 Å². The van der Waals surface area contributed by atoms with Crippen molar-refractivity contribution in [3.05, 3.63) is 17.5 Å². The molecule has 0 bridgehead atoms. The van der Waals surface area contributed by atoms with Crippen LogP contribution in [0.25, 0.3) is 0 Å². The molecule has 1 atom stereocenters. The zero-order valence-corrected chi connectivity index (χ0v) is 13.5. The maximum atomic E-state index is 9.97. The van der Waals surface area contributed by atoms with Gasteiger partial charge in [-0.2, -0.15) is 5.10 Å². The van der Waals surface area contributed by atoms with Gasteiger partial charge in [0.25, 0.3) is 0 Å². The van der Waals surface area contributed by atoms with Crippen LogP contribution in [0.15, 0.2) is 6.07 Å². The quantitative estimate of drug-likeness (QED) is 0.875. The van der Waals surface area contributed by atoms with E-state index in [1.807, 2.05) is 0 Å². The number of nitrogens with one attached hydrogen (secondary N) is 1. The monoisotopic (exact) mass is 279 g/mol. The fourth-order valence-corrected chi connectivity index (χ4v) is 3.02.